The Kier molecular flexibility index (Phi) is 14.7. The summed E-state index contributed by atoms with van der Waals surface area (Å²) in [5.41, 5.74) is 0.667. The molecule has 2 aromatic heterocycles. The fraction of sp³-hybridized carbons (Fsp3) is 0.411. The van der Waals surface area contributed by atoms with Gasteiger partial charge in [-0.15, -0.1) is 6.42 Å². The molecule has 21 nitrogen and oxygen atoms in total. The van der Waals surface area contributed by atoms with E-state index < -0.39 is 58.8 Å². The van der Waals surface area contributed by atoms with E-state index in [2.05, 4.69) is 53.5 Å². The lowest BCUT2D eigenvalue weighted by molar-refractivity contribution is -0.136. The van der Waals surface area contributed by atoms with Gasteiger partial charge in [0, 0.05) is 73.6 Å². The van der Waals surface area contributed by atoms with Gasteiger partial charge < -0.3 is 44.9 Å². The molecule has 23 heteroatoms. The van der Waals surface area contributed by atoms with Gasteiger partial charge in [-0.2, -0.15) is 9.97 Å². The second-order valence-electron chi connectivity index (χ2n) is 20.7. The largest absolute Gasteiger partial charge is 0.508 e. The van der Waals surface area contributed by atoms with E-state index in [1.807, 2.05) is 0 Å². The van der Waals surface area contributed by atoms with E-state index in [0.29, 0.717) is 55.5 Å². The van der Waals surface area contributed by atoms with Crippen LogP contribution >= 0.6 is 0 Å². The molecule has 8 heterocycles. The summed E-state index contributed by atoms with van der Waals surface area (Å²) < 4.78 is 55.6. The molecular formula is C56H56F2N10O11. The first-order valence-corrected chi connectivity index (χ1v) is 26.2. The number of amides is 6. The number of ether oxygens (including phenoxy) is 4. The lowest BCUT2D eigenvalue weighted by atomic mass is 9.94. The molecule has 0 spiro atoms. The van der Waals surface area contributed by atoms with Gasteiger partial charge in [0.15, 0.2) is 5.82 Å². The van der Waals surface area contributed by atoms with Gasteiger partial charge in [0.2, 0.25) is 17.7 Å². The van der Waals surface area contributed by atoms with E-state index in [4.69, 9.17) is 30.4 Å². The Morgan fingerprint density at radius 2 is 1.72 bits per heavy atom. The summed E-state index contributed by atoms with van der Waals surface area (Å²) in [6, 6.07) is 8.84. The maximum Gasteiger partial charge on any atom is 0.407 e. The number of hydrogen-bond acceptors (Lipinski definition) is 17. The van der Waals surface area contributed by atoms with E-state index in [1.54, 1.807) is 0 Å². The van der Waals surface area contributed by atoms with Crippen LogP contribution in [0.2, 0.25) is 0 Å². The summed E-state index contributed by atoms with van der Waals surface area (Å²) in [5.74, 6) is -1.72. The van der Waals surface area contributed by atoms with Gasteiger partial charge in [0.25, 0.3) is 11.8 Å². The third-order valence-corrected chi connectivity index (χ3v) is 15.5. The summed E-state index contributed by atoms with van der Waals surface area (Å²) >= 11 is 0. The molecule has 5 saturated heterocycles. The normalized spacial score (nSPS) is 22.6. The van der Waals surface area contributed by atoms with Crippen molar-refractivity contribution in [1.29, 1.82) is 0 Å². The molecule has 11 rings (SSSR count). The third kappa shape index (κ3) is 10.5. The second kappa shape index (κ2) is 21.9. The number of benzene rings is 3. The van der Waals surface area contributed by atoms with E-state index in [9.17, 15) is 33.9 Å². The minimum Gasteiger partial charge on any atom is -0.508 e. The van der Waals surface area contributed by atoms with Crippen molar-refractivity contribution in [2.75, 3.05) is 76.0 Å². The lowest BCUT2D eigenvalue weighted by Crippen LogP contribution is -2.54. The van der Waals surface area contributed by atoms with Gasteiger partial charge in [0.05, 0.1) is 60.5 Å². The van der Waals surface area contributed by atoms with Crippen LogP contribution < -0.4 is 30.9 Å². The number of alkyl carbamates (subject to hydrolysis) is 1. The van der Waals surface area contributed by atoms with Crippen molar-refractivity contribution >= 4 is 68.8 Å². The maximum atomic E-state index is 17.2. The number of nitrogens with zero attached hydrogens (tertiary/aromatic N) is 6. The zero-order chi connectivity index (χ0) is 55.1. The van der Waals surface area contributed by atoms with Crippen LogP contribution in [0, 0.1) is 24.0 Å². The molecule has 0 aliphatic carbocycles. The minimum atomic E-state index is -1.10. The van der Waals surface area contributed by atoms with Gasteiger partial charge in [-0.05, 0) is 80.3 Å². The summed E-state index contributed by atoms with van der Waals surface area (Å²) in [6.45, 7) is 7.12. The maximum absolute atomic E-state index is 17.2. The van der Waals surface area contributed by atoms with Gasteiger partial charge in [0.1, 0.15) is 47.9 Å². The Morgan fingerprint density at radius 1 is 0.937 bits per heavy atom. The number of aromatic hydroxyl groups is 1. The average Bonchev–Trinajstić information content (AvgIpc) is 4.36. The van der Waals surface area contributed by atoms with Crippen molar-refractivity contribution in [2.45, 2.75) is 81.1 Å². The Bertz CT molecular complexity index is 3400. The highest BCUT2D eigenvalue weighted by molar-refractivity contribution is 6.24. The van der Waals surface area contributed by atoms with Crippen LogP contribution in [0.15, 0.2) is 60.8 Å². The van der Waals surface area contributed by atoms with Crippen molar-refractivity contribution in [3.8, 4) is 35.4 Å². The highest BCUT2D eigenvalue weighted by Crippen LogP contribution is 2.45. The van der Waals surface area contributed by atoms with Gasteiger partial charge in [-0.3, -0.25) is 44.1 Å². The van der Waals surface area contributed by atoms with Crippen LogP contribution in [0.4, 0.5) is 25.1 Å². The Labute approximate surface area is 451 Å². The molecule has 6 aliphatic rings. The number of imide groups is 2. The van der Waals surface area contributed by atoms with Gasteiger partial charge >= 0.3 is 12.1 Å². The number of phenolic OH excluding ortho intramolecular Hbond substituents is 1. The van der Waals surface area contributed by atoms with Crippen LogP contribution in [0.25, 0.3) is 32.9 Å². The zero-order valence-electron chi connectivity index (χ0n) is 42.9. The molecule has 6 aliphatic heterocycles. The molecule has 5 fully saturated rings. The van der Waals surface area contributed by atoms with Crippen LogP contribution in [0.3, 0.4) is 0 Å². The first kappa shape index (κ1) is 52.9. The zero-order valence-corrected chi connectivity index (χ0v) is 42.9. The summed E-state index contributed by atoms with van der Waals surface area (Å²) in [4.78, 5) is 94.8. The number of phenols is 1. The van der Waals surface area contributed by atoms with Crippen molar-refractivity contribution < 1.29 is 61.6 Å². The smallest absolute Gasteiger partial charge is 0.407 e. The molecule has 4 unspecified atom stereocenters. The van der Waals surface area contributed by atoms with Crippen molar-refractivity contribution in [3.05, 3.63) is 89.1 Å². The van der Waals surface area contributed by atoms with Crippen molar-refractivity contribution in [3.63, 3.8) is 0 Å². The fourth-order valence-corrected chi connectivity index (χ4v) is 11.9. The number of rotatable bonds is 18. The minimum absolute atomic E-state index is 0.00231. The van der Waals surface area contributed by atoms with Crippen molar-refractivity contribution in [2.24, 2.45) is 0 Å². The number of carbonyl (C=O) groups is 6. The Morgan fingerprint density at radius 3 is 2.51 bits per heavy atom. The molecule has 5 atom stereocenters. The number of nitrogens with one attached hydrogen (secondary N) is 4. The number of hydrogen-bond donors (Lipinski definition) is 5. The van der Waals surface area contributed by atoms with Crippen LogP contribution in [0.5, 0.6) is 11.8 Å². The van der Waals surface area contributed by atoms with E-state index in [-0.39, 0.29) is 140 Å². The number of terminal acetylenes is 1. The molecule has 410 valence electrons. The average molecular weight is 1080 g/mol. The first-order chi connectivity index (χ1) is 38.2. The summed E-state index contributed by atoms with van der Waals surface area (Å²) in [6.07, 6.45) is 10.7. The highest BCUT2D eigenvalue weighted by Gasteiger charge is 2.52. The predicted molar refractivity (Wildman–Crippen MR) is 281 cm³/mol. The van der Waals surface area contributed by atoms with Crippen molar-refractivity contribution in [1.82, 2.24) is 40.7 Å². The fourth-order valence-electron chi connectivity index (χ4n) is 11.9. The molecular weight excluding hydrogens is 1030 g/mol. The number of halogens is 2. The number of aromatic nitrogens is 3. The Balaban J connectivity index is 0.650. The van der Waals surface area contributed by atoms with E-state index >= 15 is 8.78 Å². The van der Waals surface area contributed by atoms with Crippen LogP contribution in [-0.2, 0) is 28.6 Å². The topological polar surface area (TPSA) is 256 Å². The molecule has 0 saturated carbocycles. The molecule has 3 aromatic carbocycles. The highest BCUT2D eigenvalue weighted by atomic mass is 19.1. The first-order valence-electron chi connectivity index (χ1n) is 26.2. The van der Waals surface area contributed by atoms with Gasteiger partial charge in [-0.1, -0.05) is 24.1 Å². The number of piperidine rings is 1. The standard InChI is InChI=1S/C56H56F2N10O11/c1-3-37-42(57)9-4-31-20-36(69)22-40(46(31)37)48-47(58)49-41(24-60-48)50(66-26-33-5-6-34(27-66)61-33)65-54(64-49)79-29-56-14-12-35(67(56)25-30(2)23-56)28-78-55(75)59-15-17-77-19-18-76-16-13-45(71)62-32-7-8-38-39(21-32)53(74)68(52(38)73)43-10-11-44(70)63-51(43)72/h1,4,7-9,20-22,24,33-35,43,61,69H,2,5-6,10-19,23,25-29H2,(H,59,75)(H,62,71)(H,63,70,72)/t33?,34?,35?,43?,56-/m0/s1. The molecule has 5 N–H and O–H groups in total. The van der Waals surface area contributed by atoms with E-state index in [0.717, 1.165) is 23.3 Å². The Hall–Kier alpha value is -8.17. The number of piperazine rings is 1. The van der Waals surface area contributed by atoms with Gasteiger partial charge in [-0.25, -0.2) is 13.6 Å². The number of anilines is 2. The lowest BCUT2D eigenvalue weighted by Gasteiger charge is -2.35. The molecule has 0 radical (unpaired) electrons. The van der Waals surface area contributed by atoms with E-state index in [1.165, 1.54) is 48.7 Å². The summed E-state index contributed by atoms with van der Waals surface area (Å²) in [5, 5.41) is 22.9. The molecule has 2 bridgehead atoms. The SMILES string of the molecule is C#Cc1c(F)ccc2cc(O)cc(-c3ncc4c(N5CC6CCC(C5)N6)nc(OC[C@@]56CCC(COC(=O)NCCOCCOCCC(=O)Nc7ccc8c(c7)C(=O)N(C7CCC(=O)NC7=O)C8=O)N5CC(=C)C6)nc4c3F)c12. The summed E-state index contributed by atoms with van der Waals surface area (Å²) in [7, 11) is 0. The predicted octanol–water partition coefficient (Wildman–Crippen LogP) is 4.48. The number of pyridine rings is 1. The molecule has 79 heavy (non-hydrogen) atoms. The quantitative estimate of drug-likeness (QED) is 0.0351. The molecule has 6 amide bonds. The number of carbonyl (C=O) groups excluding carboxylic acids is 6. The van der Waals surface area contributed by atoms with Crippen LogP contribution in [0.1, 0.15) is 77.6 Å². The second-order valence-corrected chi connectivity index (χ2v) is 20.7. The third-order valence-electron chi connectivity index (χ3n) is 15.5. The van der Waals surface area contributed by atoms with Crippen LogP contribution in [-0.4, -0.2) is 161 Å². The number of fused-ring (bicyclic) bond motifs is 6. The monoisotopic (exact) mass is 1080 g/mol. The molecule has 5 aromatic rings.